The Balaban J connectivity index is 0.000000194. The van der Waals surface area contributed by atoms with Crippen molar-refractivity contribution in [3.05, 3.63) is 143 Å². The smallest absolute Gasteiger partial charge is 0.410 e. The molecule has 0 radical (unpaired) electrons. The maximum atomic E-state index is 12.6. The molecule has 10 nitrogen and oxygen atoms in total. The normalized spacial score (nSPS) is 19.9. The molecule has 0 spiro atoms. The molecule has 4 aromatic carbocycles. The van der Waals surface area contributed by atoms with Gasteiger partial charge in [0.1, 0.15) is 13.2 Å². The number of nitriles is 2. The van der Waals surface area contributed by atoms with E-state index in [2.05, 4.69) is 12.1 Å². The van der Waals surface area contributed by atoms with E-state index in [0.29, 0.717) is 49.9 Å². The third-order valence-electron chi connectivity index (χ3n) is 8.88. The molecule has 0 saturated carbocycles. The minimum Gasteiger partial charge on any atom is -0.445 e. The van der Waals surface area contributed by atoms with Gasteiger partial charge in [-0.2, -0.15) is 10.5 Å². The van der Waals surface area contributed by atoms with Gasteiger partial charge in [-0.05, 0) is 72.2 Å². The average Bonchev–Trinajstić information content (AvgIpc) is 3.17. The van der Waals surface area contributed by atoms with E-state index in [1.54, 1.807) is 34.1 Å². The van der Waals surface area contributed by atoms with Crippen molar-refractivity contribution in [2.45, 2.75) is 63.2 Å². The Kier molecular flexibility index (Phi) is 12.6. The highest BCUT2D eigenvalue weighted by atomic mass is 16.6. The van der Waals surface area contributed by atoms with Gasteiger partial charge in [0.15, 0.2) is 0 Å². The van der Waals surface area contributed by atoms with Crippen LogP contribution < -0.4 is 0 Å². The fourth-order valence-electron chi connectivity index (χ4n) is 6.13. The standard InChI is InChI=1S/2C20H20N2O3/c2*21-13-15-6-8-17(9-7-15)19-12-18(23)10-11-22(19)20(24)25-14-16-4-2-1-3-5-16/h2*1-9,18-19,23H,10-12,14H2/t2*18-,19-/m10/s1. The first-order chi connectivity index (χ1) is 24.3. The number of nitrogens with zero attached hydrogens (tertiary/aromatic N) is 4. The molecule has 0 aliphatic carbocycles. The minimum atomic E-state index is -0.446. The molecule has 2 aliphatic heterocycles. The van der Waals surface area contributed by atoms with E-state index in [-0.39, 0.29) is 37.5 Å². The summed E-state index contributed by atoms with van der Waals surface area (Å²) in [7, 11) is 0. The van der Waals surface area contributed by atoms with E-state index < -0.39 is 12.2 Å². The Morgan fingerprint density at radius 1 is 0.600 bits per heavy atom. The molecule has 0 unspecified atom stereocenters. The molecule has 2 saturated heterocycles. The molecule has 4 atom stereocenters. The predicted molar refractivity (Wildman–Crippen MR) is 185 cm³/mol. The fraction of sp³-hybridized carbons (Fsp3) is 0.300. The summed E-state index contributed by atoms with van der Waals surface area (Å²) >= 11 is 0. The number of amides is 2. The lowest BCUT2D eigenvalue weighted by Gasteiger charge is -2.37. The van der Waals surface area contributed by atoms with Crippen LogP contribution in [0.2, 0.25) is 0 Å². The van der Waals surface area contributed by atoms with Crippen molar-refractivity contribution in [1.82, 2.24) is 9.80 Å². The first kappa shape index (κ1) is 35.6. The second-order valence-electron chi connectivity index (χ2n) is 12.3. The Morgan fingerprint density at radius 2 is 0.960 bits per heavy atom. The first-order valence-corrected chi connectivity index (χ1v) is 16.7. The molecule has 256 valence electrons. The van der Waals surface area contributed by atoms with Gasteiger partial charge in [0.2, 0.25) is 0 Å². The summed E-state index contributed by atoms with van der Waals surface area (Å²) in [4.78, 5) is 28.4. The van der Waals surface area contributed by atoms with Gasteiger partial charge in [0, 0.05) is 13.1 Å². The van der Waals surface area contributed by atoms with Crippen LogP contribution in [0.4, 0.5) is 9.59 Å². The number of aliphatic hydroxyl groups excluding tert-OH is 2. The van der Waals surface area contributed by atoms with Gasteiger partial charge in [0.05, 0.1) is 47.6 Å². The molecule has 2 amide bonds. The SMILES string of the molecule is N#Cc1ccc([C@@H]2C[C@@H](O)CCN2C(=O)OCc2ccccc2)cc1.N#Cc1ccc([C@H]2C[C@H](O)CCN2C(=O)OCc2ccccc2)cc1. The Bertz CT molecular complexity index is 1640. The molecule has 4 aromatic rings. The maximum Gasteiger partial charge on any atom is 0.410 e. The lowest BCUT2D eigenvalue weighted by Crippen LogP contribution is -2.42. The van der Waals surface area contributed by atoms with Crippen LogP contribution in [0.25, 0.3) is 0 Å². The van der Waals surface area contributed by atoms with E-state index >= 15 is 0 Å². The highest BCUT2D eigenvalue weighted by Crippen LogP contribution is 2.33. The Labute approximate surface area is 292 Å². The molecule has 2 aliphatic rings. The molecule has 2 N–H and O–H groups in total. The number of ether oxygens (including phenoxy) is 2. The number of rotatable bonds is 6. The third-order valence-corrected chi connectivity index (χ3v) is 8.88. The van der Waals surface area contributed by atoms with Crippen LogP contribution in [0.1, 0.15) is 71.1 Å². The van der Waals surface area contributed by atoms with Crippen molar-refractivity contribution in [3.63, 3.8) is 0 Å². The van der Waals surface area contributed by atoms with Crippen molar-refractivity contribution in [2.75, 3.05) is 13.1 Å². The van der Waals surface area contributed by atoms with Gasteiger partial charge < -0.3 is 29.5 Å². The summed E-state index contributed by atoms with van der Waals surface area (Å²) in [5.41, 5.74) is 4.80. The molecule has 0 aromatic heterocycles. The van der Waals surface area contributed by atoms with Gasteiger partial charge in [0.25, 0.3) is 0 Å². The third kappa shape index (κ3) is 9.70. The van der Waals surface area contributed by atoms with Crippen molar-refractivity contribution in [1.29, 1.82) is 10.5 Å². The zero-order valence-electron chi connectivity index (χ0n) is 27.7. The zero-order chi connectivity index (χ0) is 35.3. The highest BCUT2D eigenvalue weighted by molar-refractivity contribution is 5.69. The predicted octanol–water partition coefficient (Wildman–Crippen LogP) is 6.79. The van der Waals surface area contributed by atoms with Crippen LogP contribution in [-0.2, 0) is 22.7 Å². The largest absolute Gasteiger partial charge is 0.445 e. The minimum absolute atomic E-state index is 0.221. The van der Waals surface area contributed by atoms with Crippen LogP contribution in [-0.4, -0.2) is 57.5 Å². The second-order valence-corrected chi connectivity index (χ2v) is 12.3. The number of likely N-dealkylation sites (tertiary alicyclic amines) is 2. The van der Waals surface area contributed by atoms with Crippen LogP contribution >= 0.6 is 0 Å². The summed E-state index contributed by atoms with van der Waals surface area (Å²) in [5.74, 6) is 0. The quantitative estimate of drug-likeness (QED) is 0.228. The van der Waals surface area contributed by atoms with E-state index in [9.17, 15) is 19.8 Å². The topological polar surface area (TPSA) is 147 Å². The van der Waals surface area contributed by atoms with Gasteiger partial charge in [-0.1, -0.05) is 84.9 Å². The number of carbonyl (C=O) groups is 2. The summed E-state index contributed by atoms with van der Waals surface area (Å²) in [6.45, 7) is 1.33. The van der Waals surface area contributed by atoms with Crippen molar-refractivity contribution < 1.29 is 29.3 Å². The van der Waals surface area contributed by atoms with Crippen molar-refractivity contribution in [2.24, 2.45) is 0 Å². The average molecular weight is 673 g/mol. The number of piperidine rings is 2. The van der Waals surface area contributed by atoms with Gasteiger partial charge in [-0.3, -0.25) is 0 Å². The molecule has 2 heterocycles. The number of hydrogen-bond acceptors (Lipinski definition) is 8. The monoisotopic (exact) mass is 672 g/mol. The highest BCUT2D eigenvalue weighted by Gasteiger charge is 2.34. The maximum absolute atomic E-state index is 12.6. The van der Waals surface area contributed by atoms with Gasteiger partial charge >= 0.3 is 12.2 Å². The number of aliphatic hydroxyl groups is 2. The van der Waals surface area contributed by atoms with Crippen LogP contribution in [0, 0.1) is 22.7 Å². The number of carbonyl (C=O) groups excluding carboxylic acids is 2. The Hall–Kier alpha value is -5.68. The molecule has 50 heavy (non-hydrogen) atoms. The first-order valence-electron chi connectivity index (χ1n) is 16.7. The van der Waals surface area contributed by atoms with Crippen molar-refractivity contribution in [3.8, 4) is 12.1 Å². The van der Waals surface area contributed by atoms with E-state index in [1.165, 1.54) is 0 Å². The molecule has 10 heteroatoms. The molecule has 2 fully saturated rings. The number of hydrogen-bond donors (Lipinski definition) is 2. The van der Waals surface area contributed by atoms with Gasteiger partial charge in [-0.25, -0.2) is 9.59 Å². The van der Waals surface area contributed by atoms with E-state index in [1.807, 2.05) is 84.9 Å². The molecular weight excluding hydrogens is 632 g/mol. The van der Waals surface area contributed by atoms with Gasteiger partial charge in [-0.15, -0.1) is 0 Å². The molecule has 6 rings (SSSR count). The Morgan fingerprint density at radius 3 is 1.30 bits per heavy atom. The van der Waals surface area contributed by atoms with E-state index in [4.69, 9.17) is 20.0 Å². The molecule has 0 bridgehead atoms. The lowest BCUT2D eigenvalue weighted by molar-refractivity contribution is 0.0252. The van der Waals surface area contributed by atoms with Crippen LogP contribution in [0.15, 0.2) is 109 Å². The summed E-state index contributed by atoms with van der Waals surface area (Å²) in [6.07, 6.45) is 0.340. The van der Waals surface area contributed by atoms with E-state index in [0.717, 1.165) is 22.3 Å². The van der Waals surface area contributed by atoms with Crippen molar-refractivity contribution >= 4 is 12.2 Å². The van der Waals surface area contributed by atoms with Crippen LogP contribution in [0.5, 0.6) is 0 Å². The zero-order valence-corrected chi connectivity index (χ0v) is 27.7. The number of benzene rings is 4. The fourth-order valence-corrected chi connectivity index (χ4v) is 6.13. The lowest BCUT2D eigenvalue weighted by atomic mass is 9.93. The second kappa shape index (κ2) is 17.6. The summed E-state index contributed by atoms with van der Waals surface area (Å²) in [6, 6.07) is 37.0. The summed E-state index contributed by atoms with van der Waals surface area (Å²) in [5, 5.41) is 37.9. The summed E-state index contributed by atoms with van der Waals surface area (Å²) < 4.78 is 10.9. The van der Waals surface area contributed by atoms with Crippen LogP contribution in [0.3, 0.4) is 0 Å². The molecular formula is C40H40N4O6.